The molecule has 0 aliphatic rings. The van der Waals surface area contributed by atoms with Crippen LogP contribution < -0.4 is 10.2 Å². The van der Waals surface area contributed by atoms with Gasteiger partial charge in [-0.05, 0) is 94.3 Å². The van der Waals surface area contributed by atoms with E-state index in [1.54, 1.807) is 0 Å². The molecule has 1 aromatic carbocycles. The minimum atomic E-state index is 0.704. The smallest absolute Gasteiger partial charge is 0.137 e. The number of nitriles is 1. The number of nitrogens with one attached hydrogen (secondary N) is 1. The van der Waals surface area contributed by atoms with Gasteiger partial charge in [-0.1, -0.05) is 0 Å². The first-order valence-corrected chi connectivity index (χ1v) is 10.4. The van der Waals surface area contributed by atoms with Gasteiger partial charge in [0.1, 0.15) is 5.82 Å². The lowest BCUT2D eigenvalue weighted by molar-refractivity contribution is 0.767. The van der Waals surface area contributed by atoms with E-state index < -0.39 is 0 Å². The molecule has 156 valence electrons. The van der Waals surface area contributed by atoms with Crippen LogP contribution in [0.4, 0.5) is 5.69 Å². The molecule has 2 aromatic heterocycles. The highest BCUT2D eigenvalue weighted by atomic mass is 15.1. The summed E-state index contributed by atoms with van der Waals surface area (Å²) in [4.78, 5) is 7.11. The van der Waals surface area contributed by atoms with Gasteiger partial charge in [-0.2, -0.15) is 5.26 Å². The number of benzene rings is 1. The Kier molecular flexibility index (Phi) is 6.91. The van der Waals surface area contributed by atoms with E-state index >= 15 is 0 Å². The predicted octanol–water partition coefficient (Wildman–Crippen LogP) is 4.11. The molecular formula is C25H31N5. The Hall–Kier alpha value is -3.10. The van der Waals surface area contributed by atoms with Crippen molar-refractivity contribution < 1.29 is 0 Å². The maximum Gasteiger partial charge on any atom is 0.137 e. The first-order chi connectivity index (χ1) is 14.4. The van der Waals surface area contributed by atoms with Crippen molar-refractivity contribution in [3.63, 3.8) is 0 Å². The second kappa shape index (κ2) is 9.60. The van der Waals surface area contributed by atoms with Gasteiger partial charge in [0.05, 0.1) is 11.6 Å². The Balaban J connectivity index is 1.82. The zero-order valence-corrected chi connectivity index (χ0v) is 18.7. The van der Waals surface area contributed by atoms with E-state index in [0.29, 0.717) is 5.56 Å². The summed E-state index contributed by atoms with van der Waals surface area (Å²) in [6.07, 6.45) is 1.69. The summed E-state index contributed by atoms with van der Waals surface area (Å²) in [5.74, 6) is 0.975. The summed E-state index contributed by atoms with van der Waals surface area (Å²) >= 11 is 0. The number of anilines is 1. The molecule has 0 atom stereocenters. The van der Waals surface area contributed by atoms with Crippen LogP contribution in [-0.2, 0) is 12.8 Å². The standard InChI is InChI=1S/C25H31N5/c1-18-12-23(28-25(13-18)30-19(2)6-7-20(30)3)9-8-21-14-22(17-26)16-24(15-21)29(5)11-10-27-4/h6-7,12-16,27H,8-11H2,1-5H3. The van der Waals surface area contributed by atoms with Crippen LogP contribution in [0.3, 0.4) is 0 Å². The molecule has 0 amide bonds. The number of rotatable bonds is 8. The molecule has 0 unspecified atom stereocenters. The van der Waals surface area contributed by atoms with Crippen molar-refractivity contribution in [3.8, 4) is 11.9 Å². The monoisotopic (exact) mass is 401 g/mol. The first kappa shape index (κ1) is 21.6. The summed E-state index contributed by atoms with van der Waals surface area (Å²) in [6.45, 7) is 8.13. The van der Waals surface area contributed by atoms with Gasteiger partial charge in [-0.25, -0.2) is 4.98 Å². The number of hydrogen-bond acceptors (Lipinski definition) is 4. The fourth-order valence-corrected chi connectivity index (χ4v) is 3.78. The van der Waals surface area contributed by atoms with E-state index in [2.05, 4.69) is 79.0 Å². The van der Waals surface area contributed by atoms with Crippen molar-refractivity contribution in [1.82, 2.24) is 14.9 Å². The second-order valence-corrected chi connectivity index (χ2v) is 7.97. The molecule has 1 N–H and O–H groups in total. The van der Waals surface area contributed by atoms with Crippen LogP contribution >= 0.6 is 0 Å². The highest BCUT2D eigenvalue weighted by Crippen LogP contribution is 2.21. The van der Waals surface area contributed by atoms with E-state index in [9.17, 15) is 5.26 Å². The van der Waals surface area contributed by atoms with Gasteiger partial charge >= 0.3 is 0 Å². The predicted molar refractivity (Wildman–Crippen MR) is 124 cm³/mol. The first-order valence-electron chi connectivity index (χ1n) is 10.4. The normalized spacial score (nSPS) is 10.8. The van der Waals surface area contributed by atoms with E-state index in [1.807, 2.05) is 19.2 Å². The summed E-state index contributed by atoms with van der Waals surface area (Å²) < 4.78 is 2.20. The van der Waals surface area contributed by atoms with Gasteiger partial charge < -0.3 is 14.8 Å². The summed E-state index contributed by atoms with van der Waals surface area (Å²) in [5.41, 5.74) is 7.61. The molecule has 5 heteroatoms. The topological polar surface area (TPSA) is 56.9 Å². The van der Waals surface area contributed by atoms with Crippen LogP contribution in [0.2, 0.25) is 0 Å². The van der Waals surface area contributed by atoms with Crippen LogP contribution in [0.1, 0.15) is 33.8 Å². The third kappa shape index (κ3) is 5.08. The van der Waals surface area contributed by atoms with Crippen LogP contribution in [0.15, 0.2) is 42.5 Å². The van der Waals surface area contributed by atoms with Gasteiger partial charge in [0.15, 0.2) is 0 Å². The number of pyridine rings is 1. The molecule has 0 aliphatic carbocycles. The Bertz CT molecular complexity index is 1040. The van der Waals surface area contributed by atoms with Crippen molar-refractivity contribution in [2.24, 2.45) is 0 Å². The van der Waals surface area contributed by atoms with Gasteiger partial charge in [-0.15, -0.1) is 0 Å². The molecule has 0 fully saturated rings. The molecular weight excluding hydrogens is 370 g/mol. The lowest BCUT2D eigenvalue weighted by Gasteiger charge is -2.20. The highest BCUT2D eigenvalue weighted by molar-refractivity contribution is 5.54. The molecule has 0 saturated heterocycles. The zero-order valence-electron chi connectivity index (χ0n) is 18.7. The van der Waals surface area contributed by atoms with E-state index in [-0.39, 0.29) is 0 Å². The van der Waals surface area contributed by atoms with Crippen LogP contribution in [-0.4, -0.2) is 36.7 Å². The lowest BCUT2D eigenvalue weighted by Crippen LogP contribution is -2.27. The number of likely N-dealkylation sites (N-methyl/N-ethyl adjacent to an activating group) is 2. The van der Waals surface area contributed by atoms with E-state index in [1.165, 1.54) is 22.5 Å². The molecule has 0 bridgehead atoms. The molecule has 3 aromatic rings. The number of hydrogen-bond donors (Lipinski definition) is 1. The Morgan fingerprint density at radius 1 is 1.03 bits per heavy atom. The van der Waals surface area contributed by atoms with Gasteiger partial charge in [0, 0.05) is 42.9 Å². The molecule has 30 heavy (non-hydrogen) atoms. The largest absolute Gasteiger partial charge is 0.373 e. The molecule has 5 nitrogen and oxygen atoms in total. The van der Waals surface area contributed by atoms with Gasteiger partial charge in [0.2, 0.25) is 0 Å². The van der Waals surface area contributed by atoms with Crippen LogP contribution in [0.5, 0.6) is 0 Å². The Morgan fingerprint density at radius 2 is 1.77 bits per heavy atom. The van der Waals surface area contributed by atoms with E-state index in [4.69, 9.17) is 4.98 Å². The van der Waals surface area contributed by atoms with Crippen molar-refractivity contribution in [3.05, 3.63) is 76.2 Å². The SMILES string of the molecule is CNCCN(C)c1cc(C#N)cc(CCc2cc(C)cc(-n3c(C)ccc3C)n2)c1. The van der Waals surface area contributed by atoms with Gasteiger partial charge in [-0.3, -0.25) is 0 Å². The maximum atomic E-state index is 9.46. The summed E-state index contributed by atoms with van der Waals surface area (Å²) in [7, 11) is 4.01. The minimum Gasteiger partial charge on any atom is -0.373 e. The van der Waals surface area contributed by atoms with Crippen molar-refractivity contribution in [2.75, 3.05) is 32.1 Å². The maximum absolute atomic E-state index is 9.46. The number of nitrogens with zero attached hydrogens (tertiary/aromatic N) is 4. The summed E-state index contributed by atoms with van der Waals surface area (Å²) in [5, 5.41) is 12.6. The quantitative estimate of drug-likeness (QED) is 0.617. The van der Waals surface area contributed by atoms with Crippen molar-refractivity contribution in [2.45, 2.75) is 33.6 Å². The zero-order chi connectivity index (χ0) is 21.7. The summed E-state index contributed by atoms with van der Waals surface area (Å²) in [6, 6.07) is 17.0. The third-order valence-electron chi connectivity index (χ3n) is 5.42. The average Bonchev–Trinajstić information content (AvgIpc) is 3.07. The fourth-order valence-electron chi connectivity index (χ4n) is 3.78. The van der Waals surface area contributed by atoms with E-state index in [0.717, 1.165) is 43.1 Å². The minimum absolute atomic E-state index is 0.704. The fraction of sp³-hybridized carbons (Fsp3) is 0.360. The third-order valence-corrected chi connectivity index (χ3v) is 5.42. The van der Waals surface area contributed by atoms with Crippen molar-refractivity contribution >= 4 is 5.69 Å². The van der Waals surface area contributed by atoms with Crippen molar-refractivity contribution in [1.29, 1.82) is 5.26 Å². The molecule has 2 heterocycles. The highest BCUT2D eigenvalue weighted by Gasteiger charge is 2.10. The molecule has 0 saturated carbocycles. The Labute approximate surface area is 180 Å². The number of aromatic nitrogens is 2. The molecule has 0 aliphatic heterocycles. The molecule has 0 spiro atoms. The van der Waals surface area contributed by atoms with Crippen LogP contribution in [0, 0.1) is 32.1 Å². The lowest BCUT2D eigenvalue weighted by atomic mass is 10.0. The molecule has 0 radical (unpaired) electrons. The second-order valence-electron chi connectivity index (χ2n) is 7.97. The molecule has 3 rings (SSSR count). The average molecular weight is 402 g/mol. The van der Waals surface area contributed by atoms with Crippen LogP contribution in [0.25, 0.3) is 5.82 Å². The number of aryl methyl sites for hydroxylation is 5. The van der Waals surface area contributed by atoms with Gasteiger partial charge in [0.25, 0.3) is 0 Å². The Morgan fingerprint density at radius 3 is 2.43 bits per heavy atom.